The summed E-state index contributed by atoms with van der Waals surface area (Å²) in [4.78, 5) is 20.9. The van der Waals surface area contributed by atoms with Crippen LogP contribution in [0.25, 0.3) is 11.3 Å². The molecule has 3 aromatic heterocycles. The lowest BCUT2D eigenvalue weighted by atomic mass is 9.91. The van der Waals surface area contributed by atoms with Crippen molar-refractivity contribution in [2.75, 3.05) is 0 Å². The average molecular weight is 393 g/mol. The van der Waals surface area contributed by atoms with E-state index in [-0.39, 0.29) is 11.9 Å². The number of rotatable bonds is 6. The molecule has 152 valence electrons. The van der Waals surface area contributed by atoms with Crippen LogP contribution in [-0.4, -0.2) is 41.5 Å². The van der Waals surface area contributed by atoms with Crippen LogP contribution in [-0.2, 0) is 6.54 Å². The van der Waals surface area contributed by atoms with Crippen LogP contribution in [0.3, 0.4) is 0 Å². The summed E-state index contributed by atoms with van der Waals surface area (Å²) in [5.74, 6) is -0.0153. The molecule has 0 saturated heterocycles. The van der Waals surface area contributed by atoms with Gasteiger partial charge in [-0.1, -0.05) is 6.92 Å². The molecule has 1 aliphatic rings. The second-order valence-electron chi connectivity index (χ2n) is 7.65. The minimum absolute atomic E-state index is 0.0153. The van der Waals surface area contributed by atoms with Gasteiger partial charge in [0.25, 0.3) is 5.91 Å². The van der Waals surface area contributed by atoms with Gasteiger partial charge in [-0.2, -0.15) is 10.2 Å². The van der Waals surface area contributed by atoms with Crippen molar-refractivity contribution in [2.45, 2.75) is 64.6 Å². The summed E-state index contributed by atoms with van der Waals surface area (Å²) in [6.07, 6.45) is 13.8. The number of hydrogen-bond acceptors (Lipinski definition) is 5. The molecule has 1 saturated carbocycles. The minimum atomic E-state index is -0.0153. The summed E-state index contributed by atoms with van der Waals surface area (Å²) in [6.45, 7) is 4.90. The van der Waals surface area contributed by atoms with Crippen molar-refractivity contribution in [3.63, 3.8) is 0 Å². The largest absolute Gasteiger partial charge is 0.349 e. The van der Waals surface area contributed by atoms with Crippen LogP contribution in [0, 0.1) is 6.92 Å². The van der Waals surface area contributed by atoms with Gasteiger partial charge >= 0.3 is 0 Å². The number of carbonyl (C=O) groups is 1. The fourth-order valence-electron chi connectivity index (χ4n) is 3.99. The van der Waals surface area contributed by atoms with E-state index < -0.39 is 0 Å². The summed E-state index contributed by atoms with van der Waals surface area (Å²) in [6, 6.07) is 2.44. The van der Waals surface area contributed by atoms with Crippen molar-refractivity contribution < 1.29 is 4.79 Å². The SMILES string of the molecule is CCCn1ncc(C(=O)NC2CCC(n3cc(-c4ccncn4)cn3)CC2)c1C. The zero-order chi connectivity index (χ0) is 20.2. The maximum Gasteiger partial charge on any atom is 0.254 e. The summed E-state index contributed by atoms with van der Waals surface area (Å²) < 4.78 is 3.94. The first-order chi connectivity index (χ1) is 14.2. The van der Waals surface area contributed by atoms with E-state index in [0.717, 1.165) is 55.6 Å². The molecule has 3 heterocycles. The number of aromatic nitrogens is 6. The fraction of sp³-hybridized carbons (Fsp3) is 0.476. The third kappa shape index (κ3) is 4.21. The van der Waals surface area contributed by atoms with E-state index in [0.29, 0.717) is 11.6 Å². The van der Waals surface area contributed by atoms with Crippen molar-refractivity contribution in [3.8, 4) is 11.3 Å². The number of hydrogen-bond donors (Lipinski definition) is 1. The second kappa shape index (κ2) is 8.55. The smallest absolute Gasteiger partial charge is 0.254 e. The topological polar surface area (TPSA) is 90.5 Å². The van der Waals surface area contributed by atoms with Crippen molar-refractivity contribution in [2.24, 2.45) is 0 Å². The molecule has 0 bridgehead atoms. The van der Waals surface area contributed by atoms with Crippen LogP contribution in [0.2, 0.25) is 0 Å². The van der Waals surface area contributed by atoms with Crippen LogP contribution in [0.5, 0.6) is 0 Å². The first kappa shape index (κ1) is 19.3. The predicted molar refractivity (Wildman–Crippen MR) is 109 cm³/mol. The van der Waals surface area contributed by atoms with Gasteiger partial charge in [-0.05, 0) is 45.1 Å². The molecule has 29 heavy (non-hydrogen) atoms. The maximum atomic E-state index is 12.7. The zero-order valence-corrected chi connectivity index (χ0v) is 17.0. The van der Waals surface area contributed by atoms with E-state index >= 15 is 0 Å². The number of carbonyl (C=O) groups excluding carboxylic acids is 1. The Morgan fingerprint density at radius 2 is 2.03 bits per heavy atom. The van der Waals surface area contributed by atoms with Crippen LogP contribution < -0.4 is 5.32 Å². The average Bonchev–Trinajstić information content (AvgIpc) is 3.37. The lowest BCUT2D eigenvalue weighted by molar-refractivity contribution is 0.0921. The Kier molecular flexibility index (Phi) is 5.69. The Balaban J connectivity index is 1.33. The molecule has 3 aromatic rings. The fourth-order valence-corrected chi connectivity index (χ4v) is 3.99. The van der Waals surface area contributed by atoms with Gasteiger partial charge in [0.05, 0.1) is 29.7 Å². The predicted octanol–water partition coefficient (Wildman–Crippen LogP) is 3.17. The van der Waals surface area contributed by atoms with Crippen LogP contribution in [0.15, 0.2) is 37.2 Å². The molecule has 0 aromatic carbocycles. The Hall–Kier alpha value is -3.03. The lowest BCUT2D eigenvalue weighted by Crippen LogP contribution is -2.38. The third-order valence-corrected chi connectivity index (χ3v) is 5.67. The van der Waals surface area contributed by atoms with Crippen molar-refractivity contribution in [3.05, 3.63) is 48.4 Å². The molecule has 0 aliphatic heterocycles. The van der Waals surface area contributed by atoms with E-state index in [9.17, 15) is 4.79 Å². The van der Waals surface area contributed by atoms with E-state index in [2.05, 4.69) is 38.6 Å². The zero-order valence-electron chi connectivity index (χ0n) is 17.0. The van der Waals surface area contributed by atoms with Crippen LogP contribution in [0.4, 0.5) is 0 Å². The molecule has 8 heteroatoms. The molecule has 4 rings (SSSR count). The molecule has 0 radical (unpaired) electrons. The molecule has 1 N–H and O–H groups in total. The molecule has 1 aliphatic carbocycles. The van der Waals surface area contributed by atoms with Gasteiger partial charge in [-0.3, -0.25) is 14.2 Å². The summed E-state index contributed by atoms with van der Waals surface area (Å²) in [7, 11) is 0. The molecular weight excluding hydrogens is 366 g/mol. The minimum Gasteiger partial charge on any atom is -0.349 e. The maximum absolute atomic E-state index is 12.7. The van der Waals surface area contributed by atoms with Crippen molar-refractivity contribution in [1.29, 1.82) is 0 Å². The van der Waals surface area contributed by atoms with Gasteiger partial charge in [0.15, 0.2) is 0 Å². The Bertz CT molecular complexity index is 955. The van der Waals surface area contributed by atoms with Crippen LogP contribution in [0.1, 0.15) is 61.1 Å². The van der Waals surface area contributed by atoms with Gasteiger partial charge < -0.3 is 5.32 Å². The summed E-state index contributed by atoms with van der Waals surface area (Å²) in [5.41, 5.74) is 3.50. The first-order valence-corrected chi connectivity index (χ1v) is 10.3. The number of nitrogens with one attached hydrogen (secondary N) is 1. The molecule has 0 atom stereocenters. The molecule has 0 unspecified atom stereocenters. The summed E-state index contributed by atoms with van der Waals surface area (Å²) in [5, 5.41) is 12.1. The summed E-state index contributed by atoms with van der Waals surface area (Å²) >= 11 is 0. The highest BCUT2D eigenvalue weighted by Gasteiger charge is 2.25. The third-order valence-electron chi connectivity index (χ3n) is 5.67. The van der Waals surface area contributed by atoms with E-state index in [4.69, 9.17) is 0 Å². The quantitative estimate of drug-likeness (QED) is 0.695. The number of nitrogens with zero attached hydrogens (tertiary/aromatic N) is 6. The molecule has 0 spiro atoms. The second-order valence-corrected chi connectivity index (χ2v) is 7.65. The van der Waals surface area contributed by atoms with Gasteiger partial charge in [0.2, 0.25) is 0 Å². The number of aryl methyl sites for hydroxylation is 1. The highest BCUT2D eigenvalue weighted by molar-refractivity contribution is 5.95. The monoisotopic (exact) mass is 393 g/mol. The first-order valence-electron chi connectivity index (χ1n) is 10.3. The Morgan fingerprint density at radius 1 is 1.21 bits per heavy atom. The Morgan fingerprint density at radius 3 is 2.76 bits per heavy atom. The van der Waals surface area contributed by atoms with E-state index in [1.54, 1.807) is 18.7 Å². The van der Waals surface area contributed by atoms with E-state index in [1.165, 1.54) is 0 Å². The van der Waals surface area contributed by atoms with Crippen molar-refractivity contribution in [1.82, 2.24) is 34.8 Å². The molecule has 1 fully saturated rings. The molecular formula is C21H27N7O. The van der Waals surface area contributed by atoms with Gasteiger partial charge in [-0.15, -0.1) is 0 Å². The standard InChI is InChI=1S/C21H27N7O/c1-3-10-27-15(2)19(12-25-27)21(29)26-17-4-6-18(7-5-17)28-13-16(11-24-28)20-8-9-22-14-23-20/h8-9,11-14,17-18H,3-7,10H2,1-2H3,(H,26,29). The van der Waals surface area contributed by atoms with Gasteiger partial charge in [-0.25, -0.2) is 9.97 Å². The lowest BCUT2D eigenvalue weighted by Gasteiger charge is -2.29. The Labute approximate surface area is 170 Å². The van der Waals surface area contributed by atoms with E-state index in [1.807, 2.05) is 28.6 Å². The molecule has 8 nitrogen and oxygen atoms in total. The highest BCUT2D eigenvalue weighted by atomic mass is 16.1. The highest BCUT2D eigenvalue weighted by Crippen LogP contribution is 2.29. The normalized spacial score (nSPS) is 19.2. The van der Waals surface area contributed by atoms with Crippen LogP contribution >= 0.6 is 0 Å². The van der Waals surface area contributed by atoms with Gasteiger partial charge in [0.1, 0.15) is 6.33 Å². The van der Waals surface area contributed by atoms with Crippen molar-refractivity contribution >= 4 is 5.91 Å². The number of amides is 1. The molecule has 1 amide bonds. The van der Waals surface area contributed by atoms with Gasteiger partial charge in [0, 0.05) is 36.2 Å².